The lowest BCUT2D eigenvalue weighted by molar-refractivity contribution is -0.00834. The van der Waals surface area contributed by atoms with Crippen molar-refractivity contribution in [3.05, 3.63) is 70.8 Å². The number of ether oxygens (including phenoxy) is 1. The molecule has 1 aliphatic heterocycles. The van der Waals surface area contributed by atoms with Crippen LogP contribution in [0.2, 0.25) is 0 Å². The first-order valence-corrected chi connectivity index (χ1v) is 12.3. The normalized spacial score (nSPS) is 17.6. The van der Waals surface area contributed by atoms with Crippen molar-refractivity contribution in [3.8, 4) is 0 Å². The molecular formula is C23H32N4O3S. The van der Waals surface area contributed by atoms with Gasteiger partial charge in [0.2, 0.25) is 10.0 Å². The van der Waals surface area contributed by atoms with Gasteiger partial charge in [-0.25, -0.2) is 18.1 Å². The summed E-state index contributed by atoms with van der Waals surface area (Å²) in [4.78, 5) is 7.07. The lowest BCUT2D eigenvalue weighted by atomic mass is 10.0. The SMILES string of the molecule is CCNC(=NCc1ccc(CS(=O)(=O)NC)cc1)N1CCOC(c2ccccc2C)C1. The second-order valence-corrected chi connectivity index (χ2v) is 9.54. The van der Waals surface area contributed by atoms with E-state index in [1.807, 2.05) is 30.3 Å². The molecule has 0 bridgehead atoms. The second-order valence-electron chi connectivity index (χ2n) is 7.61. The zero-order valence-corrected chi connectivity index (χ0v) is 19.3. The Balaban J connectivity index is 1.69. The van der Waals surface area contributed by atoms with E-state index in [1.54, 1.807) is 0 Å². The molecule has 8 heteroatoms. The highest BCUT2D eigenvalue weighted by Crippen LogP contribution is 2.25. The molecular weight excluding hydrogens is 412 g/mol. The maximum atomic E-state index is 11.7. The van der Waals surface area contributed by atoms with Crippen molar-refractivity contribution in [1.82, 2.24) is 14.9 Å². The van der Waals surface area contributed by atoms with Crippen LogP contribution in [0.1, 0.15) is 35.3 Å². The van der Waals surface area contributed by atoms with Crippen molar-refractivity contribution in [2.75, 3.05) is 33.3 Å². The zero-order chi connectivity index (χ0) is 22.3. The first kappa shape index (κ1) is 23.2. The maximum absolute atomic E-state index is 11.7. The molecule has 0 spiro atoms. The van der Waals surface area contributed by atoms with E-state index in [2.05, 4.69) is 47.0 Å². The van der Waals surface area contributed by atoms with Crippen LogP contribution in [0.15, 0.2) is 53.5 Å². The Morgan fingerprint density at radius 1 is 1.16 bits per heavy atom. The number of rotatable bonds is 7. The molecule has 31 heavy (non-hydrogen) atoms. The van der Waals surface area contributed by atoms with E-state index < -0.39 is 10.0 Å². The van der Waals surface area contributed by atoms with E-state index >= 15 is 0 Å². The smallest absolute Gasteiger partial charge is 0.215 e. The van der Waals surface area contributed by atoms with Crippen LogP contribution < -0.4 is 10.0 Å². The molecule has 168 valence electrons. The number of aryl methyl sites for hydroxylation is 1. The van der Waals surface area contributed by atoms with Crippen molar-refractivity contribution in [1.29, 1.82) is 0 Å². The second kappa shape index (κ2) is 10.7. The predicted molar refractivity (Wildman–Crippen MR) is 124 cm³/mol. The Hall–Kier alpha value is -2.42. The average Bonchev–Trinajstić information content (AvgIpc) is 2.78. The number of hydrogen-bond donors (Lipinski definition) is 2. The van der Waals surface area contributed by atoms with Gasteiger partial charge in [-0.05, 0) is 43.1 Å². The summed E-state index contributed by atoms with van der Waals surface area (Å²) in [6.07, 6.45) is 0.0206. The van der Waals surface area contributed by atoms with E-state index in [-0.39, 0.29) is 11.9 Å². The van der Waals surface area contributed by atoms with Gasteiger partial charge in [-0.2, -0.15) is 0 Å². The van der Waals surface area contributed by atoms with Gasteiger partial charge in [-0.1, -0.05) is 48.5 Å². The van der Waals surface area contributed by atoms with Gasteiger partial charge in [-0.15, -0.1) is 0 Å². The summed E-state index contributed by atoms with van der Waals surface area (Å²) in [6, 6.07) is 15.9. The molecule has 0 saturated carbocycles. The summed E-state index contributed by atoms with van der Waals surface area (Å²) in [5, 5.41) is 3.39. The first-order valence-electron chi connectivity index (χ1n) is 10.6. The molecule has 7 nitrogen and oxygen atoms in total. The molecule has 1 saturated heterocycles. The lowest BCUT2D eigenvalue weighted by Crippen LogP contribution is -2.48. The Kier molecular flexibility index (Phi) is 8.06. The highest BCUT2D eigenvalue weighted by Gasteiger charge is 2.25. The van der Waals surface area contributed by atoms with Gasteiger partial charge in [0.25, 0.3) is 0 Å². The fourth-order valence-electron chi connectivity index (χ4n) is 3.60. The summed E-state index contributed by atoms with van der Waals surface area (Å²) < 4.78 is 31.8. The van der Waals surface area contributed by atoms with Gasteiger partial charge < -0.3 is 15.0 Å². The van der Waals surface area contributed by atoms with Crippen LogP contribution in [0.25, 0.3) is 0 Å². The highest BCUT2D eigenvalue weighted by molar-refractivity contribution is 7.88. The van der Waals surface area contributed by atoms with Gasteiger partial charge in [0.05, 0.1) is 25.4 Å². The van der Waals surface area contributed by atoms with Crippen LogP contribution >= 0.6 is 0 Å². The van der Waals surface area contributed by atoms with E-state index in [0.717, 1.165) is 36.7 Å². The number of benzene rings is 2. The van der Waals surface area contributed by atoms with Crippen LogP contribution in [0.3, 0.4) is 0 Å². The summed E-state index contributed by atoms with van der Waals surface area (Å²) in [5.41, 5.74) is 4.24. The van der Waals surface area contributed by atoms with Crippen LogP contribution in [0.5, 0.6) is 0 Å². The van der Waals surface area contributed by atoms with Crippen molar-refractivity contribution in [2.24, 2.45) is 4.99 Å². The molecule has 0 aromatic heterocycles. The van der Waals surface area contributed by atoms with Crippen molar-refractivity contribution >= 4 is 16.0 Å². The van der Waals surface area contributed by atoms with Gasteiger partial charge in [0.15, 0.2) is 5.96 Å². The number of nitrogens with zero attached hydrogens (tertiary/aromatic N) is 2. The molecule has 0 amide bonds. The third-order valence-corrected chi connectivity index (χ3v) is 6.67. The predicted octanol–water partition coefficient (Wildman–Crippen LogP) is 2.58. The highest BCUT2D eigenvalue weighted by atomic mass is 32.2. The number of nitrogens with one attached hydrogen (secondary N) is 2. The molecule has 1 heterocycles. The molecule has 1 fully saturated rings. The molecule has 1 atom stereocenters. The van der Waals surface area contributed by atoms with Crippen LogP contribution in [0.4, 0.5) is 0 Å². The van der Waals surface area contributed by atoms with E-state index in [0.29, 0.717) is 13.2 Å². The number of guanidine groups is 1. The van der Waals surface area contributed by atoms with Crippen molar-refractivity contribution in [2.45, 2.75) is 32.2 Å². The molecule has 2 aromatic rings. The van der Waals surface area contributed by atoms with Crippen molar-refractivity contribution in [3.63, 3.8) is 0 Å². The Morgan fingerprint density at radius 3 is 2.55 bits per heavy atom. The number of aliphatic imine (C=N–C) groups is 1. The minimum atomic E-state index is -3.27. The molecule has 0 aliphatic carbocycles. The van der Waals surface area contributed by atoms with Gasteiger partial charge >= 0.3 is 0 Å². The standard InChI is InChI=1S/C23H32N4O3S/c1-4-25-23(26-15-19-9-11-20(12-10-19)17-31(28,29)24-3)27-13-14-30-22(16-27)21-8-6-5-7-18(21)2/h5-12,22,24H,4,13-17H2,1-3H3,(H,25,26). The monoisotopic (exact) mass is 444 g/mol. The third kappa shape index (κ3) is 6.53. The minimum Gasteiger partial charge on any atom is -0.370 e. The first-order chi connectivity index (χ1) is 14.9. The van der Waals surface area contributed by atoms with Gasteiger partial charge in [0.1, 0.15) is 6.10 Å². The van der Waals surface area contributed by atoms with Crippen LogP contribution in [-0.2, 0) is 27.1 Å². The molecule has 3 rings (SSSR count). The molecule has 1 unspecified atom stereocenters. The Bertz CT molecular complexity index is 990. The Morgan fingerprint density at radius 2 is 1.87 bits per heavy atom. The number of sulfonamides is 1. The summed E-state index contributed by atoms with van der Waals surface area (Å²) in [7, 11) is -1.84. The van der Waals surface area contributed by atoms with Gasteiger partial charge in [-0.3, -0.25) is 0 Å². The third-order valence-electron chi connectivity index (χ3n) is 5.34. The quantitative estimate of drug-likeness (QED) is 0.507. The largest absolute Gasteiger partial charge is 0.370 e. The fourth-order valence-corrected chi connectivity index (χ4v) is 4.38. The average molecular weight is 445 g/mol. The lowest BCUT2D eigenvalue weighted by Gasteiger charge is -2.35. The summed E-state index contributed by atoms with van der Waals surface area (Å²) >= 11 is 0. The molecule has 2 aromatic carbocycles. The molecule has 1 aliphatic rings. The summed E-state index contributed by atoms with van der Waals surface area (Å²) in [5.74, 6) is 0.843. The Labute approximate surface area is 185 Å². The van der Waals surface area contributed by atoms with E-state index in [9.17, 15) is 8.42 Å². The minimum absolute atomic E-state index is 0.0206. The molecule has 2 N–H and O–H groups in total. The van der Waals surface area contributed by atoms with Crippen LogP contribution in [-0.4, -0.2) is 52.6 Å². The summed E-state index contributed by atoms with van der Waals surface area (Å²) in [6.45, 7) is 7.67. The van der Waals surface area contributed by atoms with E-state index in [1.165, 1.54) is 18.2 Å². The van der Waals surface area contributed by atoms with Crippen LogP contribution in [0, 0.1) is 6.92 Å². The number of morpholine rings is 1. The van der Waals surface area contributed by atoms with Crippen molar-refractivity contribution < 1.29 is 13.2 Å². The maximum Gasteiger partial charge on any atom is 0.215 e. The number of hydrogen-bond acceptors (Lipinski definition) is 4. The molecule has 0 radical (unpaired) electrons. The zero-order valence-electron chi connectivity index (χ0n) is 18.5. The van der Waals surface area contributed by atoms with Gasteiger partial charge in [0, 0.05) is 13.1 Å². The topological polar surface area (TPSA) is 83.0 Å². The van der Waals surface area contributed by atoms with E-state index in [4.69, 9.17) is 9.73 Å². The fraction of sp³-hybridized carbons (Fsp3) is 0.435.